The number of imide groups is 1. The molecule has 0 aromatic heterocycles. The highest BCUT2D eigenvalue weighted by Gasteiger charge is 2.46. The maximum atomic E-state index is 12.2. The summed E-state index contributed by atoms with van der Waals surface area (Å²) < 4.78 is 5.55. The van der Waals surface area contributed by atoms with E-state index < -0.39 is 0 Å². The number of likely N-dealkylation sites (tertiary alicyclic amines) is 1. The molecule has 0 N–H and O–H groups in total. The van der Waals surface area contributed by atoms with E-state index in [0.717, 1.165) is 0 Å². The number of carbonyl (C=O) groups is 2. The summed E-state index contributed by atoms with van der Waals surface area (Å²) in [6, 6.07) is 7.06. The normalized spacial score (nSPS) is 24.3. The van der Waals surface area contributed by atoms with Crippen LogP contribution in [-0.2, 0) is 9.59 Å². The highest BCUT2D eigenvalue weighted by molar-refractivity contribution is 6.30. The first-order chi connectivity index (χ1) is 10.2. The molecule has 0 unspecified atom stereocenters. The van der Waals surface area contributed by atoms with Gasteiger partial charge in [0.05, 0.1) is 18.4 Å². The molecule has 0 saturated carbocycles. The number of halogens is 1. The van der Waals surface area contributed by atoms with E-state index in [0.29, 0.717) is 23.6 Å². The number of benzene rings is 1. The van der Waals surface area contributed by atoms with E-state index in [1.165, 1.54) is 4.90 Å². The van der Waals surface area contributed by atoms with Gasteiger partial charge in [0, 0.05) is 5.02 Å². The van der Waals surface area contributed by atoms with Gasteiger partial charge in [0.2, 0.25) is 11.8 Å². The Morgan fingerprint density at radius 2 is 1.81 bits per heavy atom. The van der Waals surface area contributed by atoms with E-state index in [1.54, 1.807) is 24.3 Å². The summed E-state index contributed by atoms with van der Waals surface area (Å²) in [6.45, 7) is 0.571. The largest absolute Gasteiger partial charge is 0.492 e. The molecular weight excluding hydrogens is 290 g/mol. The Bertz CT molecular complexity index is 573. The summed E-state index contributed by atoms with van der Waals surface area (Å²) in [5, 5.41) is 0.595. The number of hydrogen-bond donors (Lipinski definition) is 0. The van der Waals surface area contributed by atoms with Crippen molar-refractivity contribution in [2.24, 2.45) is 11.8 Å². The minimum absolute atomic E-state index is 0.0657. The summed E-state index contributed by atoms with van der Waals surface area (Å²) in [6.07, 6.45) is 5.30. The van der Waals surface area contributed by atoms with Crippen LogP contribution < -0.4 is 4.74 Å². The first kappa shape index (κ1) is 14.1. The highest BCUT2D eigenvalue weighted by atomic mass is 35.5. The summed E-state index contributed by atoms with van der Waals surface area (Å²) in [5.74, 6) is 0.163. The molecule has 0 bridgehead atoms. The van der Waals surface area contributed by atoms with Gasteiger partial charge < -0.3 is 4.74 Å². The quantitative estimate of drug-likeness (QED) is 0.634. The van der Waals surface area contributed by atoms with E-state index in [4.69, 9.17) is 16.3 Å². The number of fused-ring (bicyclic) bond motifs is 1. The standard InChI is InChI=1S/C16H16ClNO3/c17-11-4-3-5-12(10-11)21-9-8-18-15(19)13-6-1-2-7-14(13)16(18)20/h1-5,10,13-14H,6-9H2/t13-,14-/m0/s1. The molecule has 1 saturated heterocycles. The smallest absolute Gasteiger partial charge is 0.233 e. The van der Waals surface area contributed by atoms with E-state index in [-0.39, 0.29) is 36.8 Å². The second kappa shape index (κ2) is 5.90. The maximum Gasteiger partial charge on any atom is 0.233 e. The molecule has 1 heterocycles. The van der Waals surface area contributed by atoms with Crippen molar-refractivity contribution in [3.05, 3.63) is 41.4 Å². The lowest BCUT2D eigenvalue weighted by atomic mass is 9.85. The topological polar surface area (TPSA) is 46.6 Å². The number of hydrogen-bond acceptors (Lipinski definition) is 3. The Balaban J connectivity index is 1.58. The number of nitrogens with zero attached hydrogens (tertiary/aromatic N) is 1. The van der Waals surface area contributed by atoms with Crippen LogP contribution in [0.4, 0.5) is 0 Å². The summed E-state index contributed by atoms with van der Waals surface area (Å²) in [5.41, 5.74) is 0. The van der Waals surface area contributed by atoms with Crippen LogP contribution in [0, 0.1) is 11.8 Å². The minimum atomic E-state index is -0.173. The number of rotatable bonds is 4. The molecule has 5 heteroatoms. The maximum absolute atomic E-state index is 12.2. The van der Waals surface area contributed by atoms with Crippen molar-refractivity contribution in [1.82, 2.24) is 4.90 Å². The van der Waals surface area contributed by atoms with Gasteiger partial charge in [-0.15, -0.1) is 0 Å². The van der Waals surface area contributed by atoms with Crippen molar-refractivity contribution >= 4 is 23.4 Å². The van der Waals surface area contributed by atoms with Crippen molar-refractivity contribution < 1.29 is 14.3 Å². The molecule has 1 aromatic carbocycles. The summed E-state index contributed by atoms with van der Waals surface area (Å²) >= 11 is 5.87. The molecule has 0 radical (unpaired) electrons. The van der Waals surface area contributed by atoms with Gasteiger partial charge in [0.15, 0.2) is 0 Å². The molecule has 1 aliphatic heterocycles. The van der Waals surface area contributed by atoms with E-state index in [1.807, 2.05) is 12.2 Å². The van der Waals surface area contributed by atoms with Gasteiger partial charge >= 0.3 is 0 Å². The van der Waals surface area contributed by atoms with Crippen molar-refractivity contribution in [2.75, 3.05) is 13.2 Å². The zero-order chi connectivity index (χ0) is 14.8. The fourth-order valence-corrected chi connectivity index (χ4v) is 3.08. The third-order valence-electron chi connectivity index (χ3n) is 3.98. The van der Waals surface area contributed by atoms with Crippen LogP contribution in [0.1, 0.15) is 12.8 Å². The fraction of sp³-hybridized carbons (Fsp3) is 0.375. The fourth-order valence-electron chi connectivity index (χ4n) is 2.90. The van der Waals surface area contributed by atoms with Gasteiger partial charge in [-0.2, -0.15) is 0 Å². The minimum Gasteiger partial charge on any atom is -0.492 e. The van der Waals surface area contributed by atoms with Crippen molar-refractivity contribution in [3.8, 4) is 5.75 Å². The van der Waals surface area contributed by atoms with Crippen LogP contribution in [0.5, 0.6) is 5.75 Å². The Kier molecular flexibility index (Phi) is 3.97. The predicted molar refractivity (Wildman–Crippen MR) is 79.0 cm³/mol. The molecule has 1 fully saturated rings. The Hall–Kier alpha value is -1.81. The molecule has 0 spiro atoms. The molecule has 2 aliphatic rings. The van der Waals surface area contributed by atoms with Crippen LogP contribution >= 0.6 is 11.6 Å². The molecule has 4 nitrogen and oxygen atoms in total. The first-order valence-corrected chi connectivity index (χ1v) is 7.43. The van der Waals surface area contributed by atoms with Crippen LogP contribution in [0.2, 0.25) is 5.02 Å². The lowest BCUT2D eigenvalue weighted by molar-refractivity contribution is -0.140. The third kappa shape index (κ3) is 2.81. The molecular formula is C16H16ClNO3. The summed E-state index contributed by atoms with van der Waals surface area (Å²) in [4.78, 5) is 25.8. The van der Waals surface area contributed by atoms with Crippen LogP contribution in [0.25, 0.3) is 0 Å². The van der Waals surface area contributed by atoms with E-state index in [2.05, 4.69) is 0 Å². The van der Waals surface area contributed by atoms with Gasteiger partial charge in [-0.1, -0.05) is 29.8 Å². The second-order valence-electron chi connectivity index (χ2n) is 5.29. The highest BCUT2D eigenvalue weighted by Crippen LogP contribution is 2.34. The van der Waals surface area contributed by atoms with Gasteiger partial charge in [-0.3, -0.25) is 14.5 Å². The van der Waals surface area contributed by atoms with Gasteiger partial charge in [-0.05, 0) is 31.0 Å². The van der Waals surface area contributed by atoms with Crippen molar-refractivity contribution in [3.63, 3.8) is 0 Å². The SMILES string of the molecule is O=C1[C@H]2CC=CC[C@@H]2C(=O)N1CCOc1cccc(Cl)c1. The number of amides is 2. The van der Waals surface area contributed by atoms with Crippen molar-refractivity contribution in [2.45, 2.75) is 12.8 Å². The number of ether oxygens (including phenoxy) is 1. The van der Waals surface area contributed by atoms with Gasteiger partial charge in [0.25, 0.3) is 0 Å². The lowest BCUT2D eigenvalue weighted by Crippen LogP contribution is -2.34. The number of allylic oxidation sites excluding steroid dienone is 2. The van der Waals surface area contributed by atoms with Crippen LogP contribution in [0.15, 0.2) is 36.4 Å². The number of carbonyl (C=O) groups excluding carboxylic acids is 2. The zero-order valence-corrected chi connectivity index (χ0v) is 12.3. The van der Waals surface area contributed by atoms with Gasteiger partial charge in [0.1, 0.15) is 12.4 Å². The average Bonchev–Trinajstić information content (AvgIpc) is 2.73. The molecule has 1 aliphatic carbocycles. The van der Waals surface area contributed by atoms with Crippen LogP contribution in [-0.4, -0.2) is 29.9 Å². The molecule has 2 atom stereocenters. The van der Waals surface area contributed by atoms with Gasteiger partial charge in [-0.25, -0.2) is 0 Å². The third-order valence-corrected chi connectivity index (χ3v) is 4.21. The van der Waals surface area contributed by atoms with E-state index in [9.17, 15) is 9.59 Å². The Labute approximate surface area is 128 Å². The van der Waals surface area contributed by atoms with E-state index >= 15 is 0 Å². The zero-order valence-electron chi connectivity index (χ0n) is 11.5. The second-order valence-corrected chi connectivity index (χ2v) is 5.73. The average molecular weight is 306 g/mol. The summed E-state index contributed by atoms with van der Waals surface area (Å²) in [7, 11) is 0. The monoisotopic (exact) mass is 305 g/mol. The lowest BCUT2D eigenvalue weighted by Gasteiger charge is -2.15. The molecule has 110 valence electrons. The molecule has 21 heavy (non-hydrogen) atoms. The van der Waals surface area contributed by atoms with Crippen LogP contribution in [0.3, 0.4) is 0 Å². The van der Waals surface area contributed by atoms with Crippen molar-refractivity contribution in [1.29, 1.82) is 0 Å². The Morgan fingerprint density at radius 3 is 2.43 bits per heavy atom. The first-order valence-electron chi connectivity index (χ1n) is 7.05. The predicted octanol–water partition coefficient (Wildman–Crippen LogP) is 2.67. The molecule has 1 aromatic rings. The molecule has 2 amide bonds. The molecule has 3 rings (SSSR count). The Morgan fingerprint density at radius 1 is 1.14 bits per heavy atom.